The summed E-state index contributed by atoms with van der Waals surface area (Å²) in [4.78, 5) is 185. The predicted molar refractivity (Wildman–Crippen MR) is 309 cm³/mol. The fourth-order valence-corrected chi connectivity index (χ4v) is 8.50. The van der Waals surface area contributed by atoms with Crippen LogP contribution in [0.1, 0.15) is 123 Å². The third-order valence-corrected chi connectivity index (χ3v) is 12.9. The average molecular weight is 1210 g/mol. The number of hydrogen-bond donors (Lipinski definition) is 19. The van der Waals surface area contributed by atoms with Crippen LogP contribution in [0.25, 0.3) is 0 Å². The van der Waals surface area contributed by atoms with Gasteiger partial charge in [0, 0.05) is 52.4 Å². The van der Waals surface area contributed by atoms with E-state index in [1.54, 1.807) is 0 Å². The van der Waals surface area contributed by atoms with Crippen LogP contribution in [0.5, 0.6) is 0 Å². The molecule has 36 nitrogen and oxygen atoms in total. The van der Waals surface area contributed by atoms with Crippen molar-refractivity contribution in [2.45, 2.75) is 177 Å². The summed E-state index contributed by atoms with van der Waals surface area (Å²) in [6.07, 6.45) is -1.45. The Morgan fingerprint density at radius 1 is 0.435 bits per heavy atom. The third-order valence-electron chi connectivity index (χ3n) is 12.9. The van der Waals surface area contributed by atoms with Gasteiger partial charge >= 0.3 is 0 Å². The van der Waals surface area contributed by atoms with E-state index in [0.717, 1.165) is 11.8 Å². The molecule has 30 N–H and O–H groups in total. The highest BCUT2D eigenvalue weighted by molar-refractivity contribution is 5.99. The van der Waals surface area contributed by atoms with Crippen LogP contribution < -0.4 is 106 Å². The van der Waals surface area contributed by atoms with Gasteiger partial charge in [-0.3, -0.25) is 77.3 Å². The Balaban J connectivity index is 3.71. The number of rotatable bonds is 42. The smallest absolute Gasteiger partial charge is 0.245 e. The summed E-state index contributed by atoms with van der Waals surface area (Å²) in [5.41, 5.74) is 60.1. The van der Waals surface area contributed by atoms with Gasteiger partial charge in [0.05, 0.1) is 0 Å². The van der Waals surface area contributed by atoms with Gasteiger partial charge in [-0.2, -0.15) is 0 Å². The van der Waals surface area contributed by atoms with Crippen molar-refractivity contribution < 1.29 is 62.3 Å². The van der Waals surface area contributed by atoms with E-state index in [9.17, 15) is 62.3 Å². The molecule has 9 atom stereocenters. The monoisotopic (exact) mass is 1210 g/mol. The minimum Gasteiger partial charge on any atom is -0.370 e. The highest BCUT2D eigenvalue weighted by atomic mass is 16.2. The van der Waals surface area contributed by atoms with E-state index in [4.69, 9.17) is 63.1 Å². The zero-order chi connectivity index (χ0) is 64.3. The van der Waals surface area contributed by atoms with E-state index in [0.29, 0.717) is 12.8 Å². The van der Waals surface area contributed by atoms with Crippen molar-refractivity contribution in [1.82, 2.24) is 47.4 Å². The largest absolute Gasteiger partial charge is 0.370 e. The van der Waals surface area contributed by atoms with Gasteiger partial charge in [-0.25, -0.2) is 0 Å². The number of carbonyl (C=O) groups excluding carboxylic acids is 13. The third kappa shape index (κ3) is 30.7. The van der Waals surface area contributed by atoms with E-state index >= 15 is 0 Å². The standard InChI is InChI=1S/C49H89N23O13/c1-25(38(54)77)64-39(78)27(9-3-4-20-50)66-43(82)31(15-18-36(52)75)69-40(79)28(10-5-21-61-47(55)56)68-44(83)32(16-19-37(53)76)70-45(84)34-13-8-24-72(34)46(85)33(12-7-23-63-49(59)60)71-41(80)29(11-6-22-62-48(57)58)67-42(81)30(65-26(2)73)14-17-35(51)74/h25,27-34H,3-24,50H2,1-2H3,(H2,51,74)(H2,52,75)(H2,53,76)(H2,54,77)(H,64,78)(H,65,73)(H,66,82)(H,67,81)(H,68,83)(H,69,79)(H,70,84)(H,71,80)(H4,55,56,61)(H4,57,58,62)(H4,59,60,63)/t25-,27-,28-,29-,30-,31-,32-,33-,34-/m0/s1. The molecule has 1 rings (SSSR count). The maximum absolute atomic E-state index is 14.7. The maximum atomic E-state index is 14.7. The molecular weight excluding hydrogens is 1120 g/mol. The lowest BCUT2D eigenvalue weighted by Gasteiger charge is -2.31. The number of nitrogens with zero attached hydrogens (tertiary/aromatic N) is 4. The summed E-state index contributed by atoms with van der Waals surface area (Å²) < 4.78 is 0. The Labute approximate surface area is 491 Å². The van der Waals surface area contributed by atoms with Crippen molar-refractivity contribution in [3.05, 3.63) is 0 Å². The van der Waals surface area contributed by atoms with Gasteiger partial charge in [0.25, 0.3) is 0 Å². The minimum atomic E-state index is -1.63. The van der Waals surface area contributed by atoms with Gasteiger partial charge in [-0.1, -0.05) is 0 Å². The molecular formula is C49H89N23O13. The lowest BCUT2D eigenvalue weighted by molar-refractivity contribution is -0.143. The van der Waals surface area contributed by atoms with Crippen molar-refractivity contribution in [3.63, 3.8) is 0 Å². The molecule has 0 saturated carbocycles. The van der Waals surface area contributed by atoms with Crippen molar-refractivity contribution in [2.75, 3.05) is 32.7 Å². The number of primary amides is 4. The highest BCUT2D eigenvalue weighted by Gasteiger charge is 2.40. The zero-order valence-electron chi connectivity index (χ0n) is 48.2. The summed E-state index contributed by atoms with van der Waals surface area (Å²) >= 11 is 0. The Morgan fingerprint density at radius 2 is 0.765 bits per heavy atom. The van der Waals surface area contributed by atoms with Gasteiger partial charge < -0.3 is 111 Å². The Bertz CT molecular complexity index is 2410. The summed E-state index contributed by atoms with van der Waals surface area (Å²) in [7, 11) is 0. The van der Waals surface area contributed by atoms with Gasteiger partial charge in [0.15, 0.2) is 17.9 Å². The first kappa shape index (κ1) is 73.9. The van der Waals surface area contributed by atoms with E-state index < -0.39 is 157 Å². The first-order chi connectivity index (χ1) is 40.0. The zero-order valence-corrected chi connectivity index (χ0v) is 48.2. The number of aliphatic imine (C=N–C) groups is 3. The van der Waals surface area contributed by atoms with Gasteiger partial charge in [-0.15, -0.1) is 0 Å². The number of likely N-dealkylation sites (tertiary alicyclic amines) is 1. The first-order valence-electron chi connectivity index (χ1n) is 27.7. The molecule has 0 unspecified atom stereocenters. The summed E-state index contributed by atoms with van der Waals surface area (Å²) in [5, 5.41) is 20.1. The Morgan fingerprint density at radius 3 is 1.12 bits per heavy atom. The van der Waals surface area contributed by atoms with Crippen LogP contribution in [0.2, 0.25) is 0 Å². The molecule has 0 bridgehead atoms. The Kier molecular flexibility index (Phi) is 34.2. The normalized spacial score (nSPS) is 15.4. The lowest BCUT2D eigenvalue weighted by atomic mass is 10.0. The molecule has 0 spiro atoms. The maximum Gasteiger partial charge on any atom is 0.245 e. The first-order valence-corrected chi connectivity index (χ1v) is 27.7. The van der Waals surface area contributed by atoms with Crippen LogP contribution in [-0.2, 0) is 62.3 Å². The molecule has 0 aromatic carbocycles. The van der Waals surface area contributed by atoms with Gasteiger partial charge in [0.2, 0.25) is 76.8 Å². The molecule has 0 aliphatic carbocycles. The number of carbonyl (C=O) groups is 13. The second kappa shape index (κ2) is 39.4. The molecule has 478 valence electrons. The van der Waals surface area contributed by atoms with E-state index in [-0.39, 0.29) is 121 Å². The van der Waals surface area contributed by atoms with Crippen molar-refractivity contribution in [2.24, 2.45) is 78.0 Å². The molecule has 0 radical (unpaired) electrons. The number of nitrogens with one attached hydrogen (secondary N) is 8. The summed E-state index contributed by atoms with van der Waals surface area (Å²) in [6.45, 7) is 2.60. The molecule has 1 aliphatic heterocycles. The van der Waals surface area contributed by atoms with E-state index in [1.807, 2.05) is 0 Å². The van der Waals surface area contributed by atoms with Crippen LogP contribution in [0, 0.1) is 0 Å². The number of hydrogen-bond acceptors (Lipinski definition) is 17. The number of guanidine groups is 3. The molecule has 1 saturated heterocycles. The summed E-state index contributed by atoms with van der Waals surface area (Å²) in [5.74, 6) is -12.1. The number of nitrogens with two attached hydrogens (primary N) is 11. The quantitative estimate of drug-likeness (QED) is 0.0153. The van der Waals surface area contributed by atoms with Gasteiger partial charge in [-0.05, 0) is 103 Å². The lowest BCUT2D eigenvalue weighted by Crippen LogP contribution is -2.60. The van der Waals surface area contributed by atoms with Crippen LogP contribution in [0.3, 0.4) is 0 Å². The van der Waals surface area contributed by atoms with E-state index in [2.05, 4.69) is 57.5 Å². The fourth-order valence-electron chi connectivity index (χ4n) is 8.50. The number of unbranched alkanes of at least 4 members (excludes halogenated alkanes) is 1. The van der Waals surface area contributed by atoms with Crippen LogP contribution in [-0.4, -0.2) is 187 Å². The molecule has 0 aromatic rings. The average Bonchev–Trinajstić information content (AvgIpc) is 4.19. The molecule has 13 amide bonds. The molecule has 1 heterocycles. The van der Waals surface area contributed by atoms with Crippen LogP contribution in [0.15, 0.2) is 15.0 Å². The van der Waals surface area contributed by atoms with Crippen LogP contribution >= 0.6 is 0 Å². The SMILES string of the molecule is CC(=O)N[C@@H](CCC(N)=O)C(=O)N[C@@H](CCCN=C(N)N)C(=O)N[C@@H](CCCN=C(N)N)C(=O)N1CCC[C@H]1C(=O)N[C@@H](CCC(N)=O)C(=O)N[C@@H](CCCN=C(N)N)C(=O)N[C@@H](CCC(N)=O)C(=O)N[C@@H](CCCCN)C(=O)N[C@@H](C)C(N)=O. The molecule has 1 aliphatic rings. The molecule has 85 heavy (non-hydrogen) atoms. The summed E-state index contributed by atoms with van der Waals surface area (Å²) in [6, 6.07) is -12.6. The van der Waals surface area contributed by atoms with Crippen molar-refractivity contribution in [3.8, 4) is 0 Å². The van der Waals surface area contributed by atoms with E-state index in [1.165, 1.54) is 6.92 Å². The highest BCUT2D eigenvalue weighted by Crippen LogP contribution is 2.21. The molecule has 1 fully saturated rings. The number of amides is 13. The Hall–Kier alpha value is -9.12. The van der Waals surface area contributed by atoms with Crippen molar-refractivity contribution >= 4 is 94.7 Å². The molecule has 36 heteroatoms. The second-order valence-corrected chi connectivity index (χ2v) is 20.1. The minimum absolute atomic E-state index is 0.00890. The fraction of sp³-hybridized carbons (Fsp3) is 0.673. The van der Waals surface area contributed by atoms with Crippen molar-refractivity contribution in [1.29, 1.82) is 0 Å². The predicted octanol–water partition coefficient (Wildman–Crippen LogP) is -9.53. The second-order valence-electron chi connectivity index (χ2n) is 20.1. The van der Waals surface area contributed by atoms with Gasteiger partial charge in [0.1, 0.15) is 54.4 Å². The van der Waals surface area contributed by atoms with Crippen LogP contribution in [0.4, 0.5) is 0 Å². The molecule has 0 aromatic heterocycles. The topological polar surface area (TPSA) is 645 Å².